The maximum atomic E-state index is 13.2. The number of sulfonamides is 1. The normalized spacial score (nSPS) is 17.1. The van der Waals surface area contributed by atoms with E-state index < -0.39 is 28.1 Å². The van der Waals surface area contributed by atoms with Gasteiger partial charge in [-0.25, -0.2) is 8.42 Å². The third-order valence-electron chi connectivity index (χ3n) is 5.54. The molecule has 0 saturated carbocycles. The molecule has 1 aliphatic heterocycles. The molecule has 1 fully saturated rings. The molecule has 2 amide bonds. The predicted molar refractivity (Wildman–Crippen MR) is 119 cm³/mol. The zero-order valence-corrected chi connectivity index (χ0v) is 19.8. The van der Waals surface area contributed by atoms with Crippen molar-refractivity contribution in [3.05, 3.63) is 29.8 Å². The van der Waals surface area contributed by atoms with Crippen LogP contribution in [0.5, 0.6) is 0 Å². The Hall–Kier alpha value is -2.46. The standard InChI is InChI=1S/C22H33N3O6S/c1-14(2)13-19(24-32(30,31)18-7-5-15(3)6-8-18)21(27)25-11-9-17(10-12-25)20(26)23-16(4)22(28)29/h5-8,14,16-17,19,24H,9-13H2,1-4H3,(H,23,26)(H,28,29). The molecule has 0 bridgehead atoms. The fourth-order valence-electron chi connectivity index (χ4n) is 3.62. The monoisotopic (exact) mass is 467 g/mol. The second-order valence-corrected chi connectivity index (χ2v) is 10.5. The van der Waals surface area contributed by atoms with Gasteiger partial charge in [0.05, 0.1) is 4.90 Å². The van der Waals surface area contributed by atoms with Crippen molar-refractivity contribution in [3.63, 3.8) is 0 Å². The first-order chi connectivity index (χ1) is 14.9. The van der Waals surface area contributed by atoms with Crippen molar-refractivity contribution in [1.29, 1.82) is 0 Å². The molecule has 0 spiro atoms. The summed E-state index contributed by atoms with van der Waals surface area (Å²) in [5.41, 5.74) is 0.934. The van der Waals surface area contributed by atoms with Gasteiger partial charge < -0.3 is 15.3 Å². The lowest BCUT2D eigenvalue weighted by molar-refractivity contribution is -0.142. The summed E-state index contributed by atoms with van der Waals surface area (Å²) in [4.78, 5) is 38.0. The molecule has 1 aromatic rings. The van der Waals surface area contributed by atoms with Crippen molar-refractivity contribution in [3.8, 4) is 0 Å². The minimum atomic E-state index is -3.87. The van der Waals surface area contributed by atoms with Gasteiger partial charge in [0.1, 0.15) is 12.1 Å². The van der Waals surface area contributed by atoms with Gasteiger partial charge in [-0.05, 0) is 51.2 Å². The second kappa shape index (κ2) is 10.9. The van der Waals surface area contributed by atoms with E-state index in [4.69, 9.17) is 5.11 Å². The SMILES string of the molecule is Cc1ccc(S(=O)(=O)NC(CC(C)C)C(=O)N2CCC(C(=O)NC(C)C(=O)O)CC2)cc1. The fourth-order valence-corrected chi connectivity index (χ4v) is 4.82. The van der Waals surface area contributed by atoms with E-state index in [1.165, 1.54) is 19.1 Å². The molecule has 0 aromatic heterocycles. The molecule has 32 heavy (non-hydrogen) atoms. The number of aryl methyl sites for hydroxylation is 1. The second-order valence-electron chi connectivity index (χ2n) is 8.78. The number of aliphatic carboxylic acids is 1. The molecule has 10 heteroatoms. The maximum absolute atomic E-state index is 13.2. The van der Waals surface area contributed by atoms with E-state index in [9.17, 15) is 22.8 Å². The third-order valence-corrected chi connectivity index (χ3v) is 7.03. The van der Waals surface area contributed by atoms with Crippen molar-refractivity contribution in [1.82, 2.24) is 14.9 Å². The summed E-state index contributed by atoms with van der Waals surface area (Å²) in [6.45, 7) is 7.70. The Labute approximate surface area is 189 Å². The Morgan fingerprint density at radius 2 is 1.66 bits per heavy atom. The van der Waals surface area contributed by atoms with E-state index in [0.29, 0.717) is 32.4 Å². The molecular formula is C22H33N3O6S. The molecule has 2 rings (SSSR count). The third kappa shape index (κ3) is 7.03. The summed E-state index contributed by atoms with van der Waals surface area (Å²) in [5.74, 6) is -2.06. The van der Waals surface area contributed by atoms with Crippen molar-refractivity contribution in [2.75, 3.05) is 13.1 Å². The Kier molecular flexibility index (Phi) is 8.80. The minimum absolute atomic E-state index is 0.0884. The zero-order chi connectivity index (χ0) is 24.1. The summed E-state index contributed by atoms with van der Waals surface area (Å²) in [5, 5.41) is 11.4. The average molecular weight is 468 g/mol. The number of likely N-dealkylation sites (tertiary alicyclic amines) is 1. The number of carbonyl (C=O) groups excluding carboxylic acids is 2. The fraction of sp³-hybridized carbons (Fsp3) is 0.591. The topological polar surface area (TPSA) is 133 Å². The molecule has 3 N–H and O–H groups in total. The number of benzene rings is 1. The number of amides is 2. The van der Waals surface area contributed by atoms with E-state index in [2.05, 4.69) is 10.0 Å². The molecular weight excluding hydrogens is 434 g/mol. The van der Waals surface area contributed by atoms with E-state index in [1.54, 1.807) is 17.0 Å². The molecule has 1 saturated heterocycles. The first-order valence-corrected chi connectivity index (χ1v) is 12.3. The molecule has 1 heterocycles. The van der Waals surface area contributed by atoms with Gasteiger partial charge in [-0.2, -0.15) is 4.72 Å². The highest BCUT2D eigenvalue weighted by Crippen LogP contribution is 2.21. The van der Waals surface area contributed by atoms with E-state index >= 15 is 0 Å². The van der Waals surface area contributed by atoms with Gasteiger partial charge in [-0.1, -0.05) is 31.5 Å². The van der Waals surface area contributed by atoms with Gasteiger partial charge in [-0.3, -0.25) is 14.4 Å². The van der Waals surface area contributed by atoms with Gasteiger partial charge >= 0.3 is 5.97 Å². The van der Waals surface area contributed by atoms with Gasteiger partial charge in [0, 0.05) is 19.0 Å². The number of nitrogens with one attached hydrogen (secondary N) is 2. The van der Waals surface area contributed by atoms with Crippen LogP contribution in [0.15, 0.2) is 29.2 Å². The van der Waals surface area contributed by atoms with Crippen molar-refractivity contribution >= 4 is 27.8 Å². The van der Waals surface area contributed by atoms with Crippen LogP contribution in [0.2, 0.25) is 0 Å². The van der Waals surface area contributed by atoms with Crippen molar-refractivity contribution in [2.24, 2.45) is 11.8 Å². The van der Waals surface area contributed by atoms with Gasteiger partial charge in [-0.15, -0.1) is 0 Å². The van der Waals surface area contributed by atoms with Crippen LogP contribution in [-0.4, -0.2) is 61.4 Å². The minimum Gasteiger partial charge on any atom is -0.480 e. The van der Waals surface area contributed by atoms with Crippen LogP contribution < -0.4 is 10.0 Å². The van der Waals surface area contributed by atoms with Crippen LogP contribution in [-0.2, 0) is 24.4 Å². The Morgan fingerprint density at radius 3 is 2.16 bits per heavy atom. The number of carboxylic acids is 1. The van der Waals surface area contributed by atoms with Crippen LogP contribution >= 0.6 is 0 Å². The van der Waals surface area contributed by atoms with Gasteiger partial charge in [0.15, 0.2) is 0 Å². The first-order valence-electron chi connectivity index (χ1n) is 10.8. The number of hydrogen-bond donors (Lipinski definition) is 3. The lowest BCUT2D eigenvalue weighted by Crippen LogP contribution is -2.52. The molecule has 178 valence electrons. The molecule has 2 atom stereocenters. The maximum Gasteiger partial charge on any atom is 0.325 e. The molecule has 1 aromatic carbocycles. The van der Waals surface area contributed by atoms with Crippen LogP contribution in [0.25, 0.3) is 0 Å². The number of hydrogen-bond acceptors (Lipinski definition) is 5. The number of carboxylic acid groups (broad SMARTS) is 1. The number of piperidine rings is 1. The zero-order valence-electron chi connectivity index (χ0n) is 19.0. The van der Waals surface area contributed by atoms with Crippen LogP contribution in [0.1, 0.15) is 45.6 Å². The number of nitrogens with zero attached hydrogens (tertiary/aromatic N) is 1. The smallest absolute Gasteiger partial charge is 0.325 e. The predicted octanol–water partition coefficient (Wildman–Crippen LogP) is 1.52. The summed E-state index contributed by atoms with van der Waals surface area (Å²) in [6, 6.07) is 4.55. The summed E-state index contributed by atoms with van der Waals surface area (Å²) in [7, 11) is -3.87. The Bertz CT molecular complexity index is 921. The number of carbonyl (C=O) groups is 3. The lowest BCUT2D eigenvalue weighted by atomic mass is 9.94. The summed E-state index contributed by atoms with van der Waals surface area (Å²) < 4.78 is 28.2. The van der Waals surface area contributed by atoms with Crippen LogP contribution in [0, 0.1) is 18.8 Å². The van der Waals surface area contributed by atoms with E-state index in [-0.39, 0.29) is 28.5 Å². The first kappa shape index (κ1) is 25.8. The van der Waals surface area contributed by atoms with E-state index in [0.717, 1.165) is 5.56 Å². The molecule has 9 nitrogen and oxygen atoms in total. The Morgan fingerprint density at radius 1 is 1.09 bits per heavy atom. The average Bonchev–Trinajstić information content (AvgIpc) is 2.72. The lowest BCUT2D eigenvalue weighted by Gasteiger charge is -2.34. The summed E-state index contributed by atoms with van der Waals surface area (Å²) in [6.07, 6.45) is 1.13. The van der Waals surface area contributed by atoms with E-state index in [1.807, 2.05) is 20.8 Å². The highest BCUT2D eigenvalue weighted by Gasteiger charge is 2.34. The highest BCUT2D eigenvalue weighted by molar-refractivity contribution is 7.89. The molecule has 2 unspecified atom stereocenters. The van der Waals surface area contributed by atoms with Crippen LogP contribution in [0.4, 0.5) is 0 Å². The van der Waals surface area contributed by atoms with Crippen LogP contribution in [0.3, 0.4) is 0 Å². The van der Waals surface area contributed by atoms with Crippen molar-refractivity contribution < 1.29 is 27.9 Å². The summed E-state index contributed by atoms with van der Waals surface area (Å²) >= 11 is 0. The molecule has 0 aliphatic carbocycles. The highest BCUT2D eigenvalue weighted by atomic mass is 32.2. The quantitative estimate of drug-likeness (QED) is 0.504. The van der Waals surface area contributed by atoms with Gasteiger partial charge in [0.25, 0.3) is 0 Å². The van der Waals surface area contributed by atoms with Crippen molar-refractivity contribution in [2.45, 2.75) is 63.9 Å². The largest absolute Gasteiger partial charge is 0.480 e. The number of rotatable bonds is 9. The Balaban J connectivity index is 2.05. The molecule has 1 aliphatic rings. The van der Waals surface area contributed by atoms with Gasteiger partial charge in [0.2, 0.25) is 21.8 Å². The molecule has 0 radical (unpaired) electrons.